The SMILES string of the molecule is CC(C)N1CC[C@@H](NC(=O)C(F)(F)F)C1. The summed E-state index contributed by atoms with van der Waals surface area (Å²) in [5.74, 6) is -1.84. The number of hydrogen-bond acceptors (Lipinski definition) is 2. The molecular weight excluding hydrogens is 209 g/mol. The first-order valence-corrected chi connectivity index (χ1v) is 4.92. The lowest BCUT2D eigenvalue weighted by atomic mass is 10.2. The molecule has 0 bridgehead atoms. The van der Waals surface area contributed by atoms with Gasteiger partial charge in [-0.3, -0.25) is 9.69 Å². The van der Waals surface area contributed by atoms with E-state index in [1.165, 1.54) is 0 Å². The summed E-state index contributed by atoms with van der Waals surface area (Å²) in [7, 11) is 0. The van der Waals surface area contributed by atoms with Crippen LogP contribution in [0.5, 0.6) is 0 Å². The molecule has 0 aromatic rings. The maximum absolute atomic E-state index is 11.9. The molecule has 1 atom stereocenters. The van der Waals surface area contributed by atoms with E-state index in [-0.39, 0.29) is 6.04 Å². The minimum Gasteiger partial charge on any atom is -0.344 e. The minimum absolute atomic E-state index is 0.304. The minimum atomic E-state index is -4.77. The van der Waals surface area contributed by atoms with Crippen LogP contribution in [-0.4, -0.2) is 42.2 Å². The van der Waals surface area contributed by atoms with Crippen molar-refractivity contribution in [3.8, 4) is 0 Å². The second-order valence-corrected chi connectivity index (χ2v) is 4.05. The quantitative estimate of drug-likeness (QED) is 0.763. The van der Waals surface area contributed by atoms with Crippen molar-refractivity contribution in [1.29, 1.82) is 0 Å². The van der Waals surface area contributed by atoms with Crippen molar-refractivity contribution in [3.05, 3.63) is 0 Å². The van der Waals surface area contributed by atoms with Crippen molar-refractivity contribution in [1.82, 2.24) is 10.2 Å². The van der Waals surface area contributed by atoms with Gasteiger partial charge in [0.25, 0.3) is 0 Å². The highest BCUT2D eigenvalue weighted by Gasteiger charge is 2.40. The number of carbonyl (C=O) groups is 1. The third-order valence-corrected chi connectivity index (χ3v) is 2.54. The molecule has 0 aromatic heterocycles. The molecule has 3 nitrogen and oxygen atoms in total. The molecule has 1 aliphatic heterocycles. The Labute approximate surface area is 86.6 Å². The lowest BCUT2D eigenvalue weighted by Gasteiger charge is -2.20. The van der Waals surface area contributed by atoms with Crippen molar-refractivity contribution in [3.63, 3.8) is 0 Å². The van der Waals surface area contributed by atoms with Crippen LogP contribution in [0.15, 0.2) is 0 Å². The predicted molar refractivity (Wildman–Crippen MR) is 49.3 cm³/mol. The van der Waals surface area contributed by atoms with E-state index in [1.807, 2.05) is 24.1 Å². The van der Waals surface area contributed by atoms with E-state index in [4.69, 9.17) is 0 Å². The van der Waals surface area contributed by atoms with E-state index in [0.717, 1.165) is 6.54 Å². The van der Waals surface area contributed by atoms with Crippen molar-refractivity contribution in [2.24, 2.45) is 0 Å². The van der Waals surface area contributed by atoms with Crippen molar-refractivity contribution in [2.75, 3.05) is 13.1 Å². The fourth-order valence-electron chi connectivity index (χ4n) is 1.64. The average Bonchev–Trinajstić information content (AvgIpc) is 2.50. The number of carbonyl (C=O) groups excluding carboxylic acids is 1. The second kappa shape index (κ2) is 4.38. The van der Waals surface area contributed by atoms with Gasteiger partial charge in [0.15, 0.2) is 0 Å². The maximum Gasteiger partial charge on any atom is 0.471 e. The van der Waals surface area contributed by atoms with Gasteiger partial charge < -0.3 is 5.32 Å². The Morgan fingerprint density at radius 3 is 2.47 bits per heavy atom. The molecule has 1 heterocycles. The third kappa shape index (κ3) is 3.37. The zero-order valence-corrected chi connectivity index (χ0v) is 8.77. The summed E-state index contributed by atoms with van der Waals surface area (Å²) < 4.78 is 35.8. The molecule has 15 heavy (non-hydrogen) atoms. The van der Waals surface area contributed by atoms with Crippen molar-refractivity contribution in [2.45, 2.75) is 38.5 Å². The van der Waals surface area contributed by atoms with Crippen LogP contribution in [0.25, 0.3) is 0 Å². The maximum atomic E-state index is 11.9. The Balaban J connectivity index is 2.40. The number of alkyl halides is 3. The number of nitrogens with one attached hydrogen (secondary N) is 1. The molecule has 1 amide bonds. The smallest absolute Gasteiger partial charge is 0.344 e. The molecule has 0 aromatic carbocycles. The standard InChI is InChI=1S/C9H15F3N2O/c1-6(2)14-4-3-7(5-14)13-8(15)9(10,11)12/h6-7H,3-5H2,1-2H3,(H,13,15)/t7-/m1/s1. The van der Waals surface area contributed by atoms with Gasteiger partial charge in [0.2, 0.25) is 0 Å². The summed E-state index contributed by atoms with van der Waals surface area (Å²) in [6.45, 7) is 5.20. The van der Waals surface area contributed by atoms with Crippen LogP contribution < -0.4 is 5.32 Å². The molecule has 1 rings (SSSR count). The average molecular weight is 224 g/mol. The van der Waals surface area contributed by atoms with Crippen molar-refractivity contribution < 1.29 is 18.0 Å². The number of amides is 1. The van der Waals surface area contributed by atoms with Gasteiger partial charge >= 0.3 is 12.1 Å². The molecule has 0 radical (unpaired) electrons. The zero-order chi connectivity index (χ0) is 11.6. The third-order valence-electron chi connectivity index (χ3n) is 2.54. The highest BCUT2D eigenvalue weighted by Crippen LogP contribution is 2.17. The van der Waals surface area contributed by atoms with Crippen LogP contribution in [0.4, 0.5) is 13.2 Å². The van der Waals surface area contributed by atoms with Crippen LogP contribution in [-0.2, 0) is 4.79 Å². The molecule has 0 saturated carbocycles. The summed E-state index contributed by atoms with van der Waals surface area (Å²) in [6, 6.07) is -0.0701. The van der Waals surface area contributed by atoms with E-state index in [2.05, 4.69) is 0 Å². The number of nitrogens with zero attached hydrogens (tertiary/aromatic N) is 1. The molecule has 88 valence electrons. The van der Waals surface area contributed by atoms with Gasteiger partial charge in [0, 0.05) is 25.2 Å². The highest BCUT2D eigenvalue weighted by atomic mass is 19.4. The van der Waals surface area contributed by atoms with Gasteiger partial charge in [-0.05, 0) is 20.3 Å². The fraction of sp³-hybridized carbons (Fsp3) is 0.889. The molecular formula is C9H15F3N2O. The summed E-state index contributed by atoms with van der Waals surface area (Å²) >= 11 is 0. The van der Waals surface area contributed by atoms with Gasteiger partial charge in [-0.15, -0.1) is 0 Å². The molecule has 1 aliphatic rings. The molecule has 1 fully saturated rings. The lowest BCUT2D eigenvalue weighted by Crippen LogP contribution is -2.44. The summed E-state index contributed by atoms with van der Waals surface area (Å²) in [4.78, 5) is 12.7. The van der Waals surface area contributed by atoms with E-state index in [0.29, 0.717) is 19.0 Å². The Morgan fingerprint density at radius 2 is 2.07 bits per heavy atom. The Kier molecular flexibility index (Phi) is 3.59. The first-order valence-electron chi connectivity index (χ1n) is 4.92. The molecule has 6 heteroatoms. The monoisotopic (exact) mass is 224 g/mol. The number of halogens is 3. The Morgan fingerprint density at radius 1 is 1.47 bits per heavy atom. The van der Waals surface area contributed by atoms with E-state index in [1.54, 1.807) is 0 Å². The highest BCUT2D eigenvalue weighted by molar-refractivity contribution is 5.81. The topological polar surface area (TPSA) is 32.3 Å². The van der Waals surface area contributed by atoms with Gasteiger partial charge in [0.05, 0.1) is 0 Å². The van der Waals surface area contributed by atoms with Crippen LogP contribution in [0, 0.1) is 0 Å². The summed E-state index contributed by atoms with van der Waals surface area (Å²) in [5, 5.41) is 2.00. The zero-order valence-electron chi connectivity index (χ0n) is 8.77. The van der Waals surface area contributed by atoms with Gasteiger partial charge in [-0.25, -0.2) is 0 Å². The van der Waals surface area contributed by atoms with Crippen LogP contribution in [0.1, 0.15) is 20.3 Å². The molecule has 1 N–H and O–H groups in total. The van der Waals surface area contributed by atoms with Crippen molar-refractivity contribution >= 4 is 5.91 Å². The summed E-state index contributed by atoms with van der Waals surface area (Å²) in [5.41, 5.74) is 0. The van der Waals surface area contributed by atoms with Gasteiger partial charge in [-0.1, -0.05) is 0 Å². The predicted octanol–water partition coefficient (Wildman–Crippen LogP) is 1.15. The molecule has 0 unspecified atom stereocenters. The largest absolute Gasteiger partial charge is 0.471 e. The van der Waals surface area contributed by atoms with Crippen LogP contribution in [0.3, 0.4) is 0 Å². The molecule has 0 spiro atoms. The summed E-state index contributed by atoms with van der Waals surface area (Å²) in [6.07, 6.45) is -4.19. The van der Waals surface area contributed by atoms with Gasteiger partial charge in [-0.2, -0.15) is 13.2 Å². The van der Waals surface area contributed by atoms with E-state index >= 15 is 0 Å². The van der Waals surface area contributed by atoms with E-state index < -0.39 is 12.1 Å². The van der Waals surface area contributed by atoms with Gasteiger partial charge in [0.1, 0.15) is 0 Å². The first-order chi connectivity index (χ1) is 6.80. The first kappa shape index (κ1) is 12.3. The normalized spacial score (nSPS) is 23.5. The molecule has 0 aliphatic carbocycles. The fourth-order valence-corrected chi connectivity index (χ4v) is 1.64. The Bertz CT molecular complexity index is 240. The lowest BCUT2D eigenvalue weighted by molar-refractivity contribution is -0.174. The molecule has 1 saturated heterocycles. The number of likely N-dealkylation sites (tertiary alicyclic amines) is 1. The van der Waals surface area contributed by atoms with Crippen LogP contribution >= 0.6 is 0 Å². The van der Waals surface area contributed by atoms with Crippen LogP contribution in [0.2, 0.25) is 0 Å². The second-order valence-electron chi connectivity index (χ2n) is 4.05. The number of rotatable bonds is 2. The van der Waals surface area contributed by atoms with E-state index in [9.17, 15) is 18.0 Å². The Hall–Kier alpha value is -0.780. The number of hydrogen-bond donors (Lipinski definition) is 1.